The molecule has 0 unspecified atom stereocenters. The molecule has 1 aromatic heterocycles. The van der Waals surface area contributed by atoms with Gasteiger partial charge in [-0.15, -0.1) is 5.06 Å². The summed E-state index contributed by atoms with van der Waals surface area (Å²) < 4.78 is 0. The second kappa shape index (κ2) is 8.05. The molecular weight excluding hydrogens is 334 g/mol. The number of hydrogen-bond donors (Lipinski definition) is 3. The Morgan fingerprint density at radius 1 is 1.31 bits per heavy atom. The second-order valence-electron chi connectivity index (χ2n) is 6.48. The standard InChI is InChI=1S/C19H23N3O4/c1-13-4-7-20-11-15(13)12-21-19(25)26-22-8-5-14(6-9-22)17-3-2-16(23)10-18(17)24/h2-4,7,10-11,14,23-24H,5-6,8-9,12H2,1H3,(H,21,25). The molecule has 1 aliphatic heterocycles. The first-order valence-corrected chi connectivity index (χ1v) is 8.65. The summed E-state index contributed by atoms with van der Waals surface area (Å²) >= 11 is 0. The van der Waals surface area contributed by atoms with E-state index in [4.69, 9.17) is 4.84 Å². The molecule has 2 heterocycles. The molecule has 0 atom stereocenters. The van der Waals surface area contributed by atoms with Crippen LogP contribution in [-0.4, -0.2) is 39.4 Å². The van der Waals surface area contributed by atoms with Crippen molar-refractivity contribution in [2.45, 2.75) is 32.2 Å². The van der Waals surface area contributed by atoms with Crippen LogP contribution in [0.2, 0.25) is 0 Å². The van der Waals surface area contributed by atoms with Gasteiger partial charge in [-0.25, -0.2) is 4.79 Å². The Bertz CT molecular complexity index is 773. The number of pyridine rings is 1. The molecule has 1 aliphatic rings. The number of carbonyl (C=O) groups excluding carboxylic acids is 1. The molecule has 3 N–H and O–H groups in total. The smallest absolute Gasteiger partial charge is 0.426 e. The van der Waals surface area contributed by atoms with Crippen molar-refractivity contribution in [2.24, 2.45) is 0 Å². The fourth-order valence-electron chi connectivity index (χ4n) is 3.13. The zero-order valence-electron chi connectivity index (χ0n) is 14.7. The summed E-state index contributed by atoms with van der Waals surface area (Å²) in [4.78, 5) is 21.4. The van der Waals surface area contributed by atoms with Crippen molar-refractivity contribution in [1.82, 2.24) is 15.4 Å². The number of hydroxylamine groups is 2. The van der Waals surface area contributed by atoms with Crippen LogP contribution in [0, 0.1) is 6.92 Å². The summed E-state index contributed by atoms with van der Waals surface area (Å²) in [6.07, 6.45) is 4.47. The van der Waals surface area contributed by atoms with E-state index in [1.54, 1.807) is 29.6 Å². The minimum Gasteiger partial charge on any atom is -0.508 e. The van der Waals surface area contributed by atoms with Crippen LogP contribution in [-0.2, 0) is 11.4 Å². The molecule has 1 aromatic carbocycles. The van der Waals surface area contributed by atoms with Crippen molar-refractivity contribution < 1.29 is 19.8 Å². The van der Waals surface area contributed by atoms with Crippen LogP contribution in [0.1, 0.15) is 35.4 Å². The number of rotatable bonds is 4. The summed E-state index contributed by atoms with van der Waals surface area (Å²) in [5, 5.41) is 23.7. The van der Waals surface area contributed by atoms with Crippen LogP contribution < -0.4 is 5.32 Å². The van der Waals surface area contributed by atoms with E-state index in [1.807, 2.05) is 13.0 Å². The molecule has 7 heteroatoms. The number of hydrogen-bond acceptors (Lipinski definition) is 6. The Morgan fingerprint density at radius 2 is 2.08 bits per heavy atom. The number of carbonyl (C=O) groups is 1. The van der Waals surface area contributed by atoms with Crippen molar-refractivity contribution in [2.75, 3.05) is 13.1 Å². The number of aromatic hydroxyl groups is 2. The number of benzene rings is 1. The van der Waals surface area contributed by atoms with E-state index < -0.39 is 6.09 Å². The van der Waals surface area contributed by atoms with Gasteiger partial charge in [-0.1, -0.05) is 6.07 Å². The van der Waals surface area contributed by atoms with Gasteiger partial charge < -0.3 is 20.4 Å². The Labute approximate surface area is 152 Å². The highest BCUT2D eigenvalue weighted by Gasteiger charge is 2.25. The van der Waals surface area contributed by atoms with Crippen LogP contribution in [0.4, 0.5) is 4.79 Å². The van der Waals surface area contributed by atoms with Gasteiger partial charge >= 0.3 is 6.09 Å². The summed E-state index contributed by atoms with van der Waals surface area (Å²) in [5.41, 5.74) is 2.83. The average Bonchev–Trinajstić information content (AvgIpc) is 2.62. The molecule has 0 aliphatic carbocycles. The largest absolute Gasteiger partial charge is 0.508 e. The van der Waals surface area contributed by atoms with Crippen LogP contribution in [0.5, 0.6) is 11.5 Å². The Hall–Kier alpha value is -2.80. The van der Waals surface area contributed by atoms with E-state index in [0.29, 0.717) is 19.6 Å². The van der Waals surface area contributed by atoms with Crippen molar-refractivity contribution in [1.29, 1.82) is 0 Å². The number of aryl methyl sites for hydroxylation is 1. The van der Waals surface area contributed by atoms with Crippen molar-refractivity contribution >= 4 is 6.09 Å². The molecular formula is C19H23N3O4. The molecule has 1 amide bonds. The predicted octanol–water partition coefficient (Wildman–Crippen LogP) is 2.82. The summed E-state index contributed by atoms with van der Waals surface area (Å²) in [5.74, 6) is 0.332. The average molecular weight is 357 g/mol. The Kier molecular flexibility index (Phi) is 5.58. The van der Waals surface area contributed by atoms with Crippen molar-refractivity contribution in [3.05, 3.63) is 53.3 Å². The van der Waals surface area contributed by atoms with E-state index in [2.05, 4.69) is 10.3 Å². The number of piperidine rings is 1. The number of nitrogens with one attached hydrogen (secondary N) is 1. The minimum atomic E-state index is -0.487. The van der Waals surface area contributed by atoms with Gasteiger partial charge in [0.1, 0.15) is 11.5 Å². The second-order valence-corrected chi connectivity index (χ2v) is 6.48. The fraction of sp³-hybridized carbons (Fsp3) is 0.368. The van der Waals surface area contributed by atoms with Crippen LogP contribution in [0.25, 0.3) is 0 Å². The lowest BCUT2D eigenvalue weighted by atomic mass is 9.89. The quantitative estimate of drug-likeness (QED) is 0.779. The summed E-state index contributed by atoms with van der Waals surface area (Å²) in [6, 6.07) is 6.57. The molecule has 0 radical (unpaired) electrons. The molecule has 7 nitrogen and oxygen atoms in total. The first kappa shape index (κ1) is 18.0. The van der Waals surface area contributed by atoms with E-state index >= 15 is 0 Å². The molecule has 0 spiro atoms. The Balaban J connectivity index is 1.46. The first-order valence-electron chi connectivity index (χ1n) is 8.65. The molecule has 1 saturated heterocycles. The topological polar surface area (TPSA) is 94.9 Å². The lowest BCUT2D eigenvalue weighted by molar-refractivity contribution is -0.113. The predicted molar refractivity (Wildman–Crippen MR) is 95.6 cm³/mol. The third-order valence-corrected chi connectivity index (χ3v) is 4.69. The highest BCUT2D eigenvalue weighted by molar-refractivity contribution is 5.66. The molecule has 3 rings (SSSR count). The number of aromatic nitrogens is 1. The third-order valence-electron chi connectivity index (χ3n) is 4.69. The lowest BCUT2D eigenvalue weighted by Gasteiger charge is -2.30. The van der Waals surface area contributed by atoms with Gasteiger partial charge in [0.05, 0.1) is 0 Å². The molecule has 0 bridgehead atoms. The van der Waals surface area contributed by atoms with Crippen LogP contribution in [0.3, 0.4) is 0 Å². The minimum absolute atomic E-state index is 0.0487. The molecule has 2 aromatic rings. The SMILES string of the molecule is Cc1ccncc1CNC(=O)ON1CCC(c2ccc(O)cc2O)CC1. The van der Waals surface area contributed by atoms with Crippen molar-refractivity contribution in [3.8, 4) is 11.5 Å². The maximum Gasteiger partial charge on any atom is 0.426 e. The fourth-order valence-corrected chi connectivity index (χ4v) is 3.13. The zero-order chi connectivity index (χ0) is 18.5. The third kappa shape index (κ3) is 4.43. The van der Waals surface area contributed by atoms with Gasteiger partial charge in [0.2, 0.25) is 0 Å². The van der Waals surface area contributed by atoms with Gasteiger partial charge in [0, 0.05) is 38.1 Å². The van der Waals surface area contributed by atoms with Gasteiger partial charge in [0.15, 0.2) is 0 Å². The van der Waals surface area contributed by atoms with Gasteiger partial charge in [-0.2, -0.15) is 0 Å². The van der Waals surface area contributed by atoms with Gasteiger partial charge in [-0.3, -0.25) is 4.98 Å². The lowest BCUT2D eigenvalue weighted by Crippen LogP contribution is -2.38. The highest BCUT2D eigenvalue weighted by atomic mass is 16.7. The van der Waals surface area contributed by atoms with Crippen LogP contribution >= 0.6 is 0 Å². The molecule has 26 heavy (non-hydrogen) atoms. The first-order chi connectivity index (χ1) is 12.5. The Morgan fingerprint density at radius 3 is 2.77 bits per heavy atom. The highest BCUT2D eigenvalue weighted by Crippen LogP contribution is 2.35. The van der Waals surface area contributed by atoms with Gasteiger partial charge in [-0.05, 0) is 54.5 Å². The summed E-state index contributed by atoms with van der Waals surface area (Å²) in [7, 11) is 0. The molecule has 0 saturated carbocycles. The molecule has 138 valence electrons. The normalized spacial score (nSPS) is 15.6. The van der Waals surface area contributed by atoms with E-state index in [9.17, 15) is 15.0 Å². The zero-order valence-corrected chi connectivity index (χ0v) is 14.7. The van der Waals surface area contributed by atoms with Crippen molar-refractivity contribution in [3.63, 3.8) is 0 Å². The number of phenols is 2. The number of amides is 1. The van der Waals surface area contributed by atoms with E-state index in [1.165, 1.54) is 6.07 Å². The summed E-state index contributed by atoms with van der Waals surface area (Å²) in [6.45, 7) is 3.51. The van der Waals surface area contributed by atoms with E-state index in [-0.39, 0.29) is 17.4 Å². The maximum atomic E-state index is 12.0. The number of phenolic OH excluding ortho intramolecular Hbond substituents is 2. The van der Waals surface area contributed by atoms with Gasteiger partial charge in [0.25, 0.3) is 0 Å². The van der Waals surface area contributed by atoms with Crippen LogP contribution in [0.15, 0.2) is 36.7 Å². The number of nitrogens with zero attached hydrogens (tertiary/aromatic N) is 2. The monoisotopic (exact) mass is 357 g/mol. The molecule has 1 fully saturated rings. The maximum absolute atomic E-state index is 12.0. The van der Waals surface area contributed by atoms with E-state index in [0.717, 1.165) is 29.5 Å².